The number of fused-ring (bicyclic) bond motifs is 1. The molecule has 32 heavy (non-hydrogen) atoms. The first-order valence-electron chi connectivity index (χ1n) is 10.6. The van der Waals surface area contributed by atoms with Gasteiger partial charge >= 0.3 is 6.09 Å². The van der Waals surface area contributed by atoms with E-state index in [4.69, 9.17) is 9.72 Å². The van der Waals surface area contributed by atoms with Gasteiger partial charge in [0.05, 0.1) is 18.3 Å². The van der Waals surface area contributed by atoms with Gasteiger partial charge in [-0.3, -0.25) is 9.36 Å². The smallest absolute Gasteiger partial charge is 0.411 e. The number of nitrogens with zero attached hydrogens (tertiary/aromatic N) is 3. The molecule has 2 aromatic carbocycles. The molecule has 0 saturated heterocycles. The van der Waals surface area contributed by atoms with Crippen LogP contribution < -0.4 is 5.56 Å². The van der Waals surface area contributed by atoms with Crippen LogP contribution in [0.1, 0.15) is 41.2 Å². The number of aromatic nitrogens is 2. The highest BCUT2D eigenvalue weighted by atomic mass is 16.6. The summed E-state index contributed by atoms with van der Waals surface area (Å²) in [5, 5.41) is 0. The molecule has 4 rings (SSSR count). The Balaban J connectivity index is 1.73. The van der Waals surface area contributed by atoms with Gasteiger partial charge in [-0.2, -0.15) is 0 Å². The molecule has 1 aromatic heterocycles. The molecular formula is C26H25N3O3. The third-order valence-corrected chi connectivity index (χ3v) is 5.63. The highest BCUT2D eigenvalue weighted by Crippen LogP contribution is 2.27. The second kappa shape index (κ2) is 9.52. The maximum Gasteiger partial charge on any atom is 0.411 e. The molecule has 0 N–H and O–H groups in total. The van der Waals surface area contributed by atoms with E-state index in [-0.39, 0.29) is 24.8 Å². The summed E-state index contributed by atoms with van der Waals surface area (Å²) in [6, 6.07) is 19.7. The zero-order valence-corrected chi connectivity index (χ0v) is 18.2. The van der Waals surface area contributed by atoms with Crippen LogP contribution in [0, 0.1) is 18.8 Å². The van der Waals surface area contributed by atoms with E-state index in [0.717, 1.165) is 11.1 Å². The van der Waals surface area contributed by atoms with Gasteiger partial charge in [-0.05, 0) is 31.4 Å². The van der Waals surface area contributed by atoms with Crippen molar-refractivity contribution in [2.45, 2.75) is 32.9 Å². The second-order valence-corrected chi connectivity index (χ2v) is 7.64. The van der Waals surface area contributed by atoms with E-state index in [0.29, 0.717) is 30.0 Å². The fourth-order valence-electron chi connectivity index (χ4n) is 4.10. The summed E-state index contributed by atoms with van der Waals surface area (Å²) >= 11 is 0. The van der Waals surface area contributed by atoms with E-state index in [1.165, 1.54) is 0 Å². The molecule has 162 valence electrons. The number of aryl methyl sites for hydroxylation is 1. The first-order chi connectivity index (χ1) is 15.6. The number of rotatable bonds is 4. The summed E-state index contributed by atoms with van der Waals surface area (Å²) in [7, 11) is 0. The Kier molecular flexibility index (Phi) is 6.37. The van der Waals surface area contributed by atoms with Crippen LogP contribution in [0.15, 0.2) is 65.5 Å². The van der Waals surface area contributed by atoms with Crippen molar-refractivity contribution in [2.75, 3.05) is 13.2 Å². The summed E-state index contributed by atoms with van der Waals surface area (Å²) in [6.07, 6.45) is 0.000215. The van der Waals surface area contributed by atoms with Crippen LogP contribution in [0.25, 0.3) is 0 Å². The van der Waals surface area contributed by atoms with E-state index in [2.05, 4.69) is 11.8 Å². The Morgan fingerprint density at radius 1 is 1.09 bits per heavy atom. The summed E-state index contributed by atoms with van der Waals surface area (Å²) in [5.41, 5.74) is 3.26. The van der Waals surface area contributed by atoms with Crippen molar-refractivity contribution in [3.05, 3.63) is 99.2 Å². The SMILES string of the molecule is CC#CCOC(=O)N1CCc2c(nc(C)n(C(c3ccccc3)c3ccccc3)c2=O)C1. The molecule has 0 spiro atoms. The summed E-state index contributed by atoms with van der Waals surface area (Å²) in [4.78, 5) is 32.3. The van der Waals surface area contributed by atoms with Gasteiger partial charge in [0, 0.05) is 12.1 Å². The monoisotopic (exact) mass is 427 g/mol. The van der Waals surface area contributed by atoms with E-state index in [1.54, 1.807) is 16.4 Å². The third-order valence-electron chi connectivity index (χ3n) is 5.63. The normalized spacial score (nSPS) is 12.7. The Bertz CT molecular complexity index is 1180. The lowest BCUT2D eigenvalue weighted by Crippen LogP contribution is -2.42. The Labute approximate surface area is 187 Å². The molecule has 3 aromatic rings. The van der Waals surface area contributed by atoms with Gasteiger partial charge in [0.25, 0.3) is 5.56 Å². The maximum atomic E-state index is 13.7. The van der Waals surface area contributed by atoms with Crippen LogP contribution >= 0.6 is 0 Å². The second-order valence-electron chi connectivity index (χ2n) is 7.64. The van der Waals surface area contributed by atoms with Gasteiger partial charge in [-0.15, -0.1) is 5.92 Å². The fraction of sp³-hybridized carbons (Fsp3) is 0.269. The number of ether oxygens (including phenoxy) is 1. The van der Waals surface area contributed by atoms with Crippen molar-refractivity contribution in [1.82, 2.24) is 14.5 Å². The molecule has 0 saturated carbocycles. The Hall–Kier alpha value is -3.85. The molecule has 0 radical (unpaired) electrons. The van der Waals surface area contributed by atoms with Gasteiger partial charge in [0.1, 0.15) is 5.82 Å². The lowest BCUT2D eigenvalue weighted by molar-refractivity contribution is 0.108. The van der Waals surface area contributed by atoms with Crippen molar-refractivity contribution in [1.29, 1.82) is 0 Å². The summed E-state index contributed by atoms with van der Waals surface area (Å²) in [6.45, 7) is 4.26. The molecule has 0 atom stereocenters. The highest BCUT2D eigenvalue weighted by molar-refractivity contribution is 5.68. The van der Waals surface area contributed by atoms with Crippen LogP contribution in [0.5, 0.6) is 0 Å². The predicted molar refractivity (Wildman–Crippen MR) is 122 cm³/mol. The highest BCUT2D eigenvalue weighted by Gasteiger charge is 2.28. The zero-order valence-electron chi connectivity index (χ0n) is 18.2. The van der Waals surface area contributed by atoms with Gasteiger partial charge in [0.15, 0.2) is 6.61 Å². The van der Waals surface area contributed by atoms with Gasteiger partial charge in [-0.25, -0.2) is 9.78 Å². The molecule has 6 heteroatoms. The topological polar surface area (TPSA) is 64.4 Å². The van der Waals surface area contributed by atoms with Crippen LogP contribution in [-0.4, -0.2) is 33.7 Å². The minimum Gasteiger partial charge on any atom is -0.436 e. The van der Waals surface area contributed by atoms with Crippen molar-refractivity contribution in [3.63, 3.8) is 0 Å². The molecule has 6 nitrogen and oxygen atoms in total. The number of hydrogen-bond acceptors (Lipinski definition) is 4. The minimum absolute atomic E-state index is 0.0581. The van der Waals surface area contributed by atoms with Crippen molar-refractivity contribution in [2.24, 2.45) is 0 Å². The third kappa shape index (κ3) is 4.28. The van der Waals surface area contributed by atoms with E-state index in [1.807, 2.05) is 67.6 Å². The van der Waals surface area contributed by atoms with Gasteiger partial charge in [-0.1, -0.05) is 66.6 Å². The van der Waals surface area contributed by atoms with Crippen LogP contribution in [0.4, 0.5) is 4.79 Å². The standard InChI is InChI=1S/C26H25N3O3/c1-3-4-17-32-26(31)28-16-15-22-23(18-28)27-19(2)29(25(22)30)24(20-11-7-5-8-12-20)21-13-9-6-10-14-21/h5-14,24H,15-18H2,1-2H3. The van der Waals surface area contributed by atoms with Crippen LogP contribution in [-0.2, 0) is 17.7 Å². The molecule has 0 bridgehead atoms. The average molecular weight is 428 g/mol. The minimum atomic E-state index is -0.437. The van der Waals surface area contributed by atoms with E-state index >= 15 is 0 Å². The molecule has 1 aliphatic heterocycles. The lowest BCUT2D eigenvalue weighted by Gasteiger charge is -2.29. The van der Waals surface area contributed by atoms with Gasteiger partial charge < -0.3 is 9.64 Å². The number of carbonyl (C=O) groups is 1. The molecule has 1 amide bonds. The number of amides is 1. The predicted octanol–water partition coefficient (Wildman–Crippen LogP) is 3.71. The molecule has 0 unspecified atom stereocenters. The quantitative estimate of drug-likeness (QED) is 0.596. The number of benzene rings is 2. The first-order valence-corrected chi connectivity index (χ1v) is 10.6. The number of hydrogen-bond donors (Lipinski definition) is 0. The fourth-order valence-corrected chi connectivity index (χ4v) is 4.10. The van der Waals surface area contributed by atoms with Crippen molar-refractivity contribution >= 4 is 6.09 Å². The molecule has 1 aliphatic rings. The average Bonchev–Trinajstić information content (AvgIpc) is 2.82. The molecular weight excluding hydrogens is 402 g/mol. The maximum absolute atomic E-state index is 13.7. The first kappa shape index (κ1) is 21.4. The summed E-state index contributed by atoms with van der Waals surface area (Å²) < 4.78 is 6.95. The Morgan fingerprint density at radius 3 is 2.31 bits per heavy atom. The van der Waals surface area contributed by atoms with Crippen molar-refractivity contribution in [3.8, 4) is 11.8 Å². The summed E-state index contributed by atoms with van der Waals surface area (Å²) in [5.74, 6) is 6.03. The zero-order chi connectivity index (χ0) is 22.5. The van der Waals surface area contributed by atoms with E-state index in [9.17, 15) is 9.59 Å². The molecule has 0 aliphatic carbocycles. The molecule has 2 heterocycles. The largest absolute Gasteiger partial charge is 0.436 e. The lowest BCUT2D eigenvalue weighted by atomic mass is 9.97. The van der Waals surface area contributed by atoms with Gasteiger partial charge in [0.2, 0.25) is 0 Å². The van der Waals surface area contributed by atoms with Crippen molar-refractivity contribution < 1.29 is 9.53 Å². The number of carbonyl (C=O) groups excluding carboxylic acids is 1. The molecule has 0 fully saturated rings. The van der Waals surface area contributed by atoms with E-state index < -0.39 is 6.09 Å². The Morgan fingerprint density at radius 2 is 1.72 bits per heavy atom. The van der Waals surface area contributed by atoms with Crippen LogP contribution in [0.2, 0.25) is 0 Å². The van der Waals surface area contributed by atoms with Crippen LogP contribution in [0.3, 0.4) is 0 Å².